The Bertz CT molecular complexity index is 1250. The van der Waals surface area contributed by atoms with Gasteiger partial charge in [-0.05, 0) is 48.4 Å². The zero-order valence-electron chi connectivity index (χ0n) is 20.6. The van der Waals surface area contributed by atoms with E-state index in [0.717, 1.165) is 53.2 Å². The van der Waals surface area contributed by atoms with E-state index in [-0.39, 0.29) is 11.2 Å². The number of aromatic nitrogens is 2. The molecule has 3 aromatic rings. The first-order valence-corrected chi connectivity index (χ1v) is 12.7. The molecular weight excluding hydrogens is 436 g/mol. The summed E-state index contributed by atoms with van der Waals surface area (Å²) in [7, 11) is 0. The number of rotatable bonds is 6. The molecule has 0 radical (unpaired) electrons. The lowest BCUT2D eigenvalue weighted by atomic mass is 9.75. The third-order valence-corrected chi connectivity index (χ3v) is 7.31. The Balaban J connectivity index is 1.59. The molecule has 1 aromatic heterocycles. The van der Waals surface area contributed by atoms with Gasteiger partial charge in [0.1, 0.15) is 0 Å². The van der Waals surface area contributed by atoms with Crippen molar-refractivity contribution in [2.24, 2.45) is 11.1 Å². The minimum atomic E-state index is -0.446. The van der Waals surface area contributed by atoms with Crippen LogP contribution in [0.5, 0.6) is 0 Å². The smallest absolute Gasteiger partial charge is 0.250 e. The third kappa shape index (κ3) is 4.88. The summed E-state index contributed by atoms with van der Waals surface area (Å²) in [5.41, 5.74) is 11.3. The first kappa shape index (κ1) is 23.3. The van der Waals surface area contributed by atoms with Crippen molar-refractivity contribution in [3.05, 3.63) is 76.6 Å². The Kier molecular flexibility index (Phi) is 6.22. The second-order valence-electron chi connectivity index (χ2n) is 10.9. The van der Waals surface area contributed by atoms with Gasteiger partial charge >= 0.3 is 0 Å². The van der Waals surface area contributed by atoms with E-state index in [2.05, 4.69) is 31.3 Å². The Morgan fingerprint density at radius 1 is 1.09 bits per heavy atom. The first-order valence-electron chi connectivity index (χ1n) is 12.7. The molecule has 1 saturated carbocycles. The molecule has 5 rings (SSSR count). The van der Waals surface area contributed by atoms with Crippen LogP contribution in [0.3, 0.4) is 0 Å². The van der Waals surface area contributed by atoms with Crippen LogP contribution in [-0.2, 0) is 12.8 Å². The lowest BCUT2D eigenvalue weighted by molar-refractivity contribution is 0.0909. The fraction of sp³-hybridized carbons (Fsp3) is 0.414. The van der Waals surface area contributed by atoms with Gasteiger partial charge in [-0.2, -0.15) is 5.10 Å². The number of fused-ring (bicyclic) bond motifs is 1. The molecule has 6 nitrogen and oxygen atoms in total. The maximum atomic E-state index is 13.3. The van der Waals surface area contributed by atoms with E-state index < -0.39 is 5.91 Å². The summed E-state index contributed by atoms with van der Waals surface area (Å²) < 4.78 is 1.92. The normalized spacial score (nSPS) is 17.7. The Morgan fingerprint density at radius 3 is 2.54 bits per heavy atom. The average Bonchev–Trinajstić information content (AvgIpc) is 3.17. The molecule has 1 heterocycles. The van der Waals surface area contributed by atoms with Crippen molar-refractivity contribution in [2.75, 3.05) is 5.32 Å². The minimum Gasteiger partial charge on any atom is -0.382 e. The van der Waals surface area contributed by atoms with Gasteiger partial charge in [0, 0.05) is 24.6 Å². The molecule has 0 atom stereocenters. The SMILES string of the molecule is CC1(C)CC(=O)c2c(Cc3ccccc3)nn(-c3ccc(C(N)=O)c(NC4CCCCC4)c3)c2C1. The van der Waals surface area contributed by atoms with E-state index in [1.165, 1.54) is 19.3 Å². The molecule has 3 N–H and O–H groups in total. The Hall–Kier alpha value is -3.41. The van der Waals surface area contributed by atoms with Crippen LogP contribution in [0.15, 0.2) is 48.5 Å². The van der Waals surface area contributed by atoms with Gasteiger partial charge in [0.2, 0.25) is 0 Å². The van der Waals surface area contributed by atoms with Crippen LogP contribution in [0.25, 0.3) is 5.69 Å². The number of anilines is 1. The Morgan fingerprint density at radius 2 is 1.83 bits per heavy atom. The number of nitrogens with zero attached hydrogens (tertiary/aromatic N) is 2. The van der Waals surface area contributed by atoms with Crippen molar-refractivity contribution < 1.29 is 9.59 Å². The van der Waals surface area contributed by atoms with E-state index in [4.69, 9.17) is 10.8 Å². The molecule has 2 aliphatic rings. The fourth-order valence-electron chi connectivity index (χ4n) is 5.62. The summed E-state index contributed by atoms with van der Waals surface area (Å²) in [6.45, 7) is 4.27. The molecule has 6 heteroatoms. The summed E-state index contributed by atoms with van der Waals surface area (Å²) in [6, 6.07) is 16.1. The highest BCUT2D eigenvalue weighted by Gasteiger charge is 2.36. The van der Waals surface area contributed by atoms with Gasteiger partial charge in [0.15, 0.2) is 5.78 Å². The second kappa shape index (κ2) is 9.33. The van der Waals surface area contributed by atoms with E-state index in [9.17, 15) is 9.59 Å². The van der Waals surface area contributed by atoms with E-state index in [0.29, 0.717) is 24.4 Å². The van der Waals surface area contributed by atoms with Gasteiger partial charge in [-0.15, -0.1) is 0 Å². The third-order valence-electron chi connectivity index (χ3n) is 7.31. The van der Waals surface area contributed by atoms with Crippen molar-refractivity contribution in [2.45, 2.75) is 71.3 Å². The molecular formula is C29H34N4O2. The molecule has 0 unspecified atom stereocenters. The molecule has 1 fully saturated rings. The number of hydrogen-bond donors (Lipinski definition) is 2. The van der Waals surface area contributed by atoms with Crippen molar-refractivity contribution in [1.82, 2.24) is 9.78 Å². The molecule has 182 valence electrons. The van der Waals surface area contributed by atoms with Crippen molar-refractivity contribution >= 4 is 17.4 Å². The van der Waals surface area contributed by atoms with Gasteiger partial charge < -0.3 is 11.1 Å². The topological polar surface area (TPSA) is 90.0 Å². The summed E-state index contributed by atoms with van der Waals surface area (Å²) in [6.07, 6.45) is 7.70. The van der Waals surface area contributed by atoms with Gasteiger partial charge in [0.05, 0.1) is 28.2 Å². The minimum absolute atomic E-state index is 0.137. The molecule has 1 amide bonds. The maximum Gasteiger partial charge on any atom is 0.250 e. The highest BCUT2D eigenvalue weighted by Crippen LogP contribution is 2.38. The molecule has 35 heavy (non-hydrogen) atoms. The number of hydrogen-bond acceptors (Lipinski definition) is 4. The van der Waals surface area contributed by atoms with Crippen LogP contribution in [0.4, 0.5) is 5.69 Å². The van der Waals surface area contributed by atoms with Crippen LogP contribution in [0, 0.1) is 5.41 Å². The maximum absolute atomic E-state index is 13.3. The van der Waals surface area contributed by atoms with E-state index >= 15 is 0 Å². The Labute approximate surface area is 206 Å². The predicted octanol–water partition coefficient (Wildman–Crippen LogP) is 5.46. The summed E-state index contributed by atoms with van der Waals surface area (Å²) in [4.78, 5) is 25.5. The zero-order valence-corrected chi connectivity index (χ0v) is 20.6. The molecule has 0 aliphatic heterocycles. The standard InChI is InChI=1S/C29H34N4O2/c1-29(2)17-25-27(26(34)18-29)24(15-19-9-5-3-6-10-19)32-33(25)21-13-14-22(28(30)35)23(16-21)31-20-11-7-4-8-12-20/h3,5-6,9-10,13-14,16,20,31H,4,7-8,11-12,15,17-18H2,1-2H3,(H2,30,35). The summed E-state index contributed by atoms with van der Waals surface area (Å²) in [5, 5.41) is 8.57. The number of ketones is 1. The first-order chi connectivity index (χ1) is 16.8. The largest absolute Gasteiger partial charge is 0.382 e. The summed E-state index contributed by atoms with van der Waals surface area (Å²) >= 11 is 0. The molecule has 2 aromatic carbocycles. The number of nitrogens with one attached hydrogen (secondary N) is 1. The molecule has 0 spiro atoms. The number of amides is 1. The van der Waals surface area contributed by atoms with E-state index in [1.54, 1.807) is 6.07 Å². The summed E-state index contributed by atoms with van der Waals surface area (Å²) in [5.74, 6) is -0.291. The lowest BCUT2D eigenvalue weighted by Crippen LogP contribution is -2.28. The number of benzene rings is 2. The van der Waals surface area contributed by atoms with Crippen LogP contribution in [0.1, 0.15) is 90.0 Å². The highest BCUT2D eigenvalue weighted by molar-refractivity contribution is 6.00. The number of carbonyl (C=O) groups excluding carboxylic acids is 2. The quantitative estimate of drug-likeness (QED) is 0.500. The van der Waals surface area contributed by atoms with Crippen molar-refractivity contribution in [3.63, 3.8) is 0 Å². The average molecular weight is 471 g/mol. The number of Topliss-reactive ketones (excluding diaryl/α,β-unsaturated/α-hetero) is 1. The number of primary amides is 1. The number of carbonyl (C=O) groups is 2. The van der Waals surface area contributed by atoms with Crippen LogP contribution < -0.4 is 11.1 Å². The zero-order chi connectivity index (χ0) is 24.6. The van der Waals surface area contributed by atoms with E-state index in [1.807, 2.05) is 35.0 Å². The van der Waals surface area contributed by atoms with Gasteiger partial charge in [-0.3, -0.25) is 9.59 Å². The van der Waals surface area contributed by atoms with Gasteiger partial charge in [-0.25, -0.2) is 4.68 Å². The van der Waals surface area contributed by atoms with Gasteiger partial charge in [-0.1, -0.05) is 63.4 Å². The molecule has 0 bridgehead atoms. The lowest BCUT2D eigenvalue weighted by Gasteiger charge is -2.29. The molecule has 0 saturated heterocycles. The molecule has 2 aliphatic carbocycles. The fourth-order valence-corrected chi connectivity index (χ4v) is 5.62. The predicted molar refractivity (Wildman–Crippen MR) is 138 cm³/mol. The second-order valence-corrected chi connectivity index (χ2v) is 10.9. The highest BCUT2D eigenvalue weighted by atomic mass is 16.1. The van der Waals surface area contributed by atoms with Crippen LogP contribution in [0.2, 0.25) is 0 Å². The van der Waals surface area contributed by atoms with Crippen molar-refractivity contribution in [1.29, 1.82) is 0 Å². The van der Waals surface area contributed by atoms with Gasteiger partial charge in [0.25, 0.3) is 5.91 Å². The number of nitrogens with two attached hydrogens (primary N) is 1. The van der Waals surface area contributed by atoms with Crippen molar-refractivity contribution in [3.8, 4) is 5.69 Å². The van der Waals surface area contributed by atoms with Crippen LogP contribution >= 0.6 is 0 Å². The monoisotopic (exact) mass is 470 g/mol. The van der Waals surface area contributed by atoms with Crippen LogP contribution in [-0.4, -0.2) is 27.5 Å².